The molecule has 93 heavy (non-hydrogen) atoms. The van der Waals surface area contributed by atoms with Crippen molar-refractivity contribution in [2.24, 2.45) is 0 Å². The van der Waals surface area contributed by atoms with Crippen LogP contribution in [0.4, 0.5) is 0 Å². The van der Waals surface area contributed by atoms with Crippen LogP contribution in [-0.4, -0.2) is 99.6 Å². The van der Waals surface area contributed by atoms with Gasteiger partial charge < -0.3 is 45.1 Å². The molecular weight excluding hydrogens is 1160 g/mol. The Kier molecular flexibility index (Phi) is 65.4. The maximum absolute atomic E-state index is 13.5. The molecule has 0 bridgehead atoms. The highest BCUT2D eigenvalue weighted by molar-refractivity contribution is 5.80. The summed E-state index contributed by atoms with van der Waals surface area (Å²) in [6.45, 7) is 5.79. The molecule has 1 saturated heterocycles. The first-order valence-corrected chi connectivity index (χ1v) is 39.7. The molecule has 11 heteroatoms. The van der Waals surface area contributed by atoms with Gasteiger partial charge in [0.1, 0.15) is 24.4 Å². The number of nitrogens with one attached hydrogen (secondary N) is 1. The van der Waals surface area contributed by atoms with E-state index in [-0.39, 0.29) is 13.0 Å². The number of unbranched alkanes of at least 4 members (excludes halogenated alkanes) is 45. The summed E-state index contributed by atoms with van der Waals surface area (Å²) in [4.78, 5) is 26.8. The van der Waals surface area contributed by atoms with Crippen LogP contribution in [0.1, 0.15) is 374 Å². The summed E-state index contributed by atoms with van der Waals surface area (Å²) in [5, 5.41) is 57.4. The third-order valence-electron chi connectivity index (χ3n) is 18.6. The molecule has 0 radical (unpaired) electrons. The quantitative estimate of drug-likeness (QED) is 0.0195. The van der Waals surface area contributed by atoms with Gasteiger partial charge in [0.15, 0.2) is 12.4 Å². The molecule has 6 N–H and O–H groups in total. The van der Waals surface area contributed by atoms with Crippen molar-refractivity contribution in [3.05, 3.63) is 72.9 Å². The summed E-state index contributed by atoms with van der Waals surface area (Å²) >= 11 is 0. The lowest BCUT2D eigenvalue weighted by Gasteiger charge is -2.41. The number of ether oxygens (including phenoxy) is 3. The molecule has 1 aliphatic heterocycles. The van der Waals surface area contributed by atoms with Gasteiger partial charge in [-0.05, 0) is 96.3 Å². The molecule has 0 aromatic heterocycles. The highest BCUT2D eigenvalue weighted by atomic mass is 16.7. The molecule has 1 heterocycles. The molecule has 8 unspecified atom stereocenters. The van der Waals surface area contributed by atoms with Crippen molar-refractivity contribution >= 4 is 11.9 Å². The van der Waals surface area contributed by atoms with Gasteiger partial charge in [0, 0.05) is 6.42 Å². The molecule has 8 atom stereocenters. The minimum absolute atomic E-state index is 0.123. The minimum atomic E-state index is -1.62. The van der Waals surface area contributed by atoms with Crippen molar-refractivity contribution in [2.45, 2.75) is 423 Å². The smallest absolute Gasteiger partial charge is 0.306 e. The van der Waals surface area contributed by atoms with Crippen LogP contribution in [0.25, 0.3) is 0 Å². The van der Waals surface area contributed by atoms with Crippen molar-refractivity contribution in [1.29, 1.82) is 0 Å². The molecule has 0 saturated carbocycles. The predicted molar refractivity (Wildman–Crippen MR) is 393 cm³/mol. The normalized spacial score (nSPS) is 18.2. The van der Waals surface area contributed by atoms with Gasteiger partial charge in [-0.2, -0.15) is 0 Å². The van der Waals surface area contributed by atoms with Gasteiger partial charge in [-0.3, -0.25) is 9.59 Å². The Hall–Kier alpha value is -2.90. The topological polar surface area (TPSA) is 175 Å². The summed E-state index contributed by atoms with van der Waals surface area (Å²) in [6, 6.07) is -1.03. The van der Waals surface area contributed by atoms with Gasteiger partial charge in [0.2, 0.25) is 5.91 Å². The number of hydrogen-bond acceptors (Lipinski definition) is 10. The first kappa shape index (κ1) is 88.1. The monoisotopic (exact) mass is 1310 g/mol. The summed E-state index contributed by atoms with van der Waals surface area (Å²) in [5.74, 6) is -1.18. The number of carbonyl (C=O) groups is 2. The number of carbonyl (C=O) groups excluding carboxylic acids is 2. The van der Waals surface area contributed by atoms with E-state index in [9.17, 15) is 35.1 Å². The largest absolute Gasteiger partial charge is 0.454 e. The van der Waals surface area contributed by atoms with E-state index in [4.69, 9.17) is 14.2 Å². The van der Waals surface area contributed by atoms with Gasteiger partial charge >= 0.3 is 5.97 Å². The minimum Gasteiger partial charge on any atom is -0.454 e. The molecule has 0 spiro atoms. The second-order valence-electron chi connectivity index (χ2n) is 27.4. The maximum Gasteiger partial charge on any atom is 0.306 e. The molecule has 1 fully saturated rings. The predicted octanol–water partition coefficient (Wildman–Crippen LogP) is 21.4. The first-order valence-electron chi connectivity index (χ1n) is 39.7. The fraction of sp³-hybridized carbons (Fsp3) is 0.829. The number of rotatable bonds is 69. The van der Waals surface area contributed by atoms with E-state index < -0.39 is 67.4 Å². The first-order chi connectivity index (χ1) is 45.7. The Balaban J connectivity index is 2.47. The Morgan fingerprint density at radius 1 is 0.419 bits per heavy atom. The van der Waals surface area contributed by atoms with E-state index in [0.717, 1.165) is 77.0 Å². The Labute approximate surface area is 572 Å². The fourth-order valence-corrected chi connectivity index (χ4v) is 12.3. The second kappa shape index (κ2) is 69.0. The Morgan fingerprint density at radius 2 is 0.742 bits per heavy atom. The number of esters is 1. The Bertz CT molecular complexity index is 1800. The lowest BCUT2D eigenvalue weighted by atomic mass is 9.99. The highest BCUT2D eigenvalue weighted by Crippen LogP contribution is 2.27. The zero-order valence-electron chi connectivity index (χ0n) is 60.6. The van der Waals surface area contributed by atoms with Crippen molar-refractivity contribution in [2.75, 3.05) is 13.2 Å². The van der Waals surface area contributed by atoms with Crippen molar-refractivity contribution in [3.8, 4) is 0 Å². The SMILES string of the molecule is CCCCC/C=C\C/C=C\C/C=C\CCCCCCCCCCCCCCCCC(=O)OC1C(OCC(NC(=O)C(O)CCCCCCCCCCCCCCCCCC/C=C\C/C=C\CCCCC)C(O)/C=C/CCCCCCCCCCC)OC(CO)C(O)C1O. The number of aliphatic hydroxyl groups is 5. The molecule has 0 aromatic rings. The number of amides is 1. The third kappa shape index (κ3) is 55.8. The standard InChI is InChI=1S/C82H149NO10/c1-4-7-10-13-16-19-22-24-26-28-30-32-34-36-38-40-42-44-46-48-50-52-55-58-61-64-67-70-77(87)93-80-79(89)78(88)76(71-84)92-82(80)91-72-73(74(85)68-65-62-59-56-53-21-18-15-12-9-6-3)83-81(90)75(86)69-66-63-60-57-54-51-49-47-45-43-41-39-37-35-33-31-29-27-25-23-20-17-14-11-8-5-2/h16-17,19-20,24-27,30,32,65,68,73-76,78-80,82,84-86,88-89H,4-15,18,21-23,28-29,31,33-64,66-67,69-72H2,1-3H3,(H,83,90)/b19-16-,20-17-,26-24-,27-25-,32-30-,68-65+. The van der Waals surface area contributed by atoms with E-state index in [2.05, 4.69) is 86.8 Å². The molecule has 1 amide bonds. The summed E-state index contributed by atoms with van der Waals surface area (Å²) < 4.78 is 17.7. The Morgan fingerprint density at radius 3 is 1.13 bits per heavy atom. The molecule has 11 nitrogen and oxygen atoms in total. The molecule has 1 aliphatic rings. The van der Waals surface area contributed by atoms with Gasteiger partial charge in [-0.25, -0.2) is 0 Å². The van der Waals surface area contributed by atoms with Crippen LogP contribution in [0, 0.1) is 0 Å². The number of allylic oxidation sites excluding steroid dienone is 11. The lowest BCUT2D eigenvalue weighted by Crippen LogP contribution is -2.61. The average Bonchev–Trinajstić information content (AvgIpc) is 0.842. The zero-order valence-corrected chi connectivity index (χ0v) is 60.6. The van der Waals surface area contributed by atoms with Crippen LogP contribution in [-0.2, 0) is 23.8 Å². The van der Waals surface area contributed by atoms with E-state index in [1.807, 2.05) is 6.08 Å². The van der Waals surface area contributed by atoms with Gasteiger partial charge in [-0.15, -0.1) is 0 Å². The molecule has 542 valence electrons. The third-order valence-corrected chi connectivity index (χ3v) is 18.6. The van der Waals surface area contributed by atoms with E-state index in [0.29, 0.717) is 19.3 Å². The van der Waals surface area contributed by atoms with E-state index in [1.165, 1.54) is 250 Å². The molecular formula is C82H149NO10. The summed E-state index contributed by atoms with van der Waals surface area (Å²) in [7, 11) is 0. The van der Waals surface area contributed by atoms with Crippen LogP contribution < -0.4 is 5.32 Å². The van der Waals surface area contributed by atoms with Crippen LogP contribution >= 0.6 is 0 Å². The van der Waals surface area contributed by atoms with Crippen molar-refractivity contribution < 1.29 is 49.3 Å². The van der Waals surface area contributed by atoms with Gasteiger partial charge in [-0.1, -0.05) is 344 Å². The molecule has 1 rings (SSSR count). The maximum atomic E-state index is 13.5. The lowest BCUT2D eigenvalue weighted by molar-refractivity contribution is -0.305. The van der Waals surface area contributed by atoms with Crippen molar-refractivity contribution in [1.82, 2.24) is 5.32 Å². The van der Waals surface area contributed by atoms with Gasteiger partial charge in [0.05, 0.1) is 25.4 Å². The molecule has 0 aliphatic carbocycles. The average molecular weight is 1310 g/mol. The van der Waals surface area contributed by atoms with Crippen molar-refractivity contribution in [3.63, 3.8) is 0 Å². The number of aliphatic hydroxyl groups excluding tert-OH is 5. The highest BCUT2D eigenvalue weighted by Gasteiger charge is 2.47. The number of hydrogen-bond donors (Lipinski definition) is 6. The second-order valence-corrected chi connectivity index (χ2v) is 27.4. The van der Waals surface area contributed by atoms with Crippen LogP contribution in [0.5, 0.6) is 0 Å². The van der Waals surface area contributed by atoms with Crippen LogP contribution in [0.3, 0.4) is 0 Å². The van der Waals surface area contributed by atoms with Crippen LogP contribution in [0.15, 0.2) is 72.9 Å². The van der Waals surface area contributed by atoms with E-state index >= 15 is 0 Å². The van der Waals surface area contributed by atoms with Crippen LogP contribution in [0.2, 0.25) is 0 Å². The van der Waals surface area contributed by atoms with E-state index in [1.54, 1.807) is 6.08 Å². The summed E-state index contributed by atoms with van der Waals surface area (Å²) in [6.07, 6.45) is 81.0. The summed E-state index contributed by atoms with van der Waals surface area (Å²) in [5.41, 5.74) is 0. The van der Waals surface area contributed by atoms with Gasteiger partial charge in [0.25, 0.3) is 0 Å². The fourth-order valence-electron chi connectivity index (χ4n) is 12.3. The molecule has 0 aromatic carbocycles. The zero-order chi connectivity index (χ0) is 67.4.